The number of nitrogens with zero attached hydrogens (tertiary/aromatic N) is 1. The lowest BCUT2D eigenvalue weighted by Gasteiger charge is -2.38. The first-order chi connectivity index (χ1) is 8.28. The third-order valence-electron chi connectivity index (χ3n) is 4.67. The molecule has 17 heavy (non-hydrogen) atoms. The number of aliphatic hydroxyl groups is 1. The average molecular weight is 241 g/mol. The number of rotatable bonds is 5. The van der Waals surface area contributed by atoms with Gasteiger partial charge in [-0.2, -0.15) is 0 Å². The summed E-state index contributed by atoms with van der Waals surface area (Å²) in [6.45, 7) is 4.79. The minimum Gasteiger partial charge on any atom is -0.396 e. The largest absolute Gasteiger partial charge is 0.396 e. The molecular weight excluding hydrogens is 214 g/mol. The minimum absolute atomic E-state index is 0.230. The molecule has 2 rings (SSSR count). The predicted octanol–water partition coefficient (Wildman–Crippen LogP) is 1.90. The van der Waals surface area contributed by atoms with Gasteiger partial charge in [0.15, 0.2) is 0 Å². The van der Waals surface area contributed by atoms with E-state index in [9.17, 15) is 5.11 Å². The quantitative estimate of drug-likeness (QED) is 0.798. The molecule has 100 valence electrons. The Kier molecular flexibility index (Phi) is 4.83. The van der Waals surface area contributed by atoms with Crippen molar-refractivity contribution >= 4 is 0 Å². The van der Waals surface area contributed by atoms with Crippen molar-refractivity contribution in [3.8, 4) is 0 Å². The van der Waals surface area contributed by atoms with E-state index in [1.807, 2.05) is 0 Å². The van der Waals surface area contributed by atoms with Crippen LogP contribution in [0.1, 0.15) is 38.5 Å². The van der Waals surface area contributed by atoms with Crippen molar-refractivity contribution in [2.24, 2.45) is 11.3 Å². The van der Waals surface area contributed by atoms with Gasteiger partial charge in [0.1, 0.15) is 0 Å². The molecule has 1 heterocycles. The molecule has 0 amide bonds. The number of hydrogen-bond donors (Lipinski definition) is 1. The summed E-state index contributed by atoms with van der Waals surface area (Å²) >= 11 is 0. The summed E-state index contributed by atoms with van der Waals surface area (Å²) in [5.74, 6) is 0.755. The van der Waals surface area contributed by atoms with E-state index in [4.69, 9.17) is 4.74 Å². The number of methoxy groups -OCH3 is 1. The average Bonchev–Trinajstić information content (AvgIpc) is 2.81. The summed E-state index contributed by atoms with van der Waals surface area (Å²) in [6, 6.07) is 0. The summed E-state index contributed by atoms with van der Waals surface area (Å²) in [6.07, 6.45) is 7.58. The molecule has 2 aliphatic rings. The van der Waals surface area contributed by atoms with Crippen LogP contribution in [0.3, 0.4) is 0 Å². The molecule has 0 aromatic carbocycles. The van der Waals surface area contributed by atoms with Gasteiger partial charge in [0.2, 0.25) is 0 Å². The van der Waals surface area contributed by atoms with Gasteiger partial charge in [-0.05, 0) is 44.7 Å². The maximum atomic E-state index is 9.64. The van der Waals surface area contributed by atoms with Gasteiger partial charge in [0.05, 0.1) is 0 Å². The molecule has 0 atom stereocenters. The lowest BCUT2D eigenvalue weighted by Crippen LogP contribution is -2.43. The van der Waals surface area contributed by atoms with Crippen molar-refractivity contribution in [3.63, 3.8) is 0 Å². The standard InChI is InChI=1S/C14H27NO2/c1-17-10-13-4-8-15(9-5-13)11-14(12-16)6-2-3-7-14/h13,16H,2-12H2,1H3. The molecule has 2 fully saturated rings. The van der Waals surface area contributed by atoms with E-state index in [2.05, 4.69) is 4.90 Å². The van der Waals surface area contributed by atoms with Crippen molar-refractivity contribution in [2.75, 3.05) is 40.0 Å². The van der Waals surface area contributed by atoms with Gasteiger partial charge < -0.3 is 14.7 Å². The SMILES string of the molecule is COCC1CCN(CC2(CO)CCCC2)CC1. The fourth-order valence-electron chi connectivity index (χ4n) is 3.51. The fourth-order valence-corrected chi connectivity index (χ4v) is 3.51. The van der Waals surface area contributed by atoms with E-state index in [-0.39, 0.29) is 5.41 Å². The summed E-state index contributed by atoms with van der Waals surface area (Å²) in [5.41, 5.74) is 0.230. The molecule has 0 aromatic rings. The van der Waals surface area contributed by atoms with Crippen LogP contribution in [0.25, 0.3) is 0 Å². The minimum atomic E-state index is 0.230. The van der Waals surface area contributed by atoms with Gasteiger partial charge >= 0.3 is 0 Å². The van der Waals surface area contributed by atoms with Crippen molar-refractivity contribution < 1.29 is 9.84 Å². The molecule has 0 spiro atoms. The highest BCUT2D eigenvalue weighted by molar-refractivity contribution is 4.88. The molecule has 1 aliphatic heterocycles. The fraction of sp³-hybridized carbons (Fsp3) is 1.00. The van der Waals surface area contributed by atoms with Crippen LogP contribution in [-0.4, -0.2) is 50.0 Å². The van der Waals surface area contributed by atoms with Gasteiger partial charge in [-0.3, -0.25) is 0 Å². The molecule has 0 aromatic heterocycles. The Morgan fingerprint density at radius 1 is 1.24 bits per heavy atom. The van der Waals surface area contributed by atoms with E-state index >= 15 is 0 Å². The third kappa shape index (κ3) is 3.43. The number of ether oxygens (including phenoxy) is 1. The second-order valence-corrected chi connectivity index (χ2v) is 6.04. The van der Waals surface area contributed by atoms with Crippen LogP contribution in [0.5, 0.6) is 0 Å². The van der Waals surface area contributed by atoms with Crippen LogP contribution in [-0.2, 0) is 4.74 Å². The van der Waals surface area contributed by atoms with Crippen LogP contribution in [0.15, 0.2) is 0 Å². The van der Waals surface area contributed by atoms with E-state index in [1.54, 1.807) is 7.11 Å². The maximum absolute atomic E-state index is 9.64. The second-order valence-electron chi connectivity index (χ2n) is 6.04. The van der Waals surface area contributed by atoms with Gasteiger partial charge in [-0.1, -0.05) is 12.8 Å². The first kappa shape index (κ1) is 13.3. The van der Waals surface area contributed by atoms with Crippen LogP contribution >= 0.6 is 0 Å². The molecule has 0 bridgehead atoms. The van der Waals surface area contributed by atoms with Crippen LogP contribution < -0.4 is 0 Å². The Bertz CT molecular complexity index is 218. The van der Waals surface area contributed by atoms with E-state index < -0.39 is 0 Å². The van der Waals surface area contributed by atoms with Gasteiger partial charge in [-0.25, -0.2) is 0 Å². The topological polar surface area (TPSA) is 32.7 Å². The summed E-state index contributed by atoms with van der Waals surface area (Å²) < 4.78 is 5.23. The lowest BCUT2D eigenvalue weighted by atomic mass is 9.85. The van der Waals surface area contributed by atoms with Crippen molar-refractivity contribution in [2.45, 2.75) is 38.5 Å². The molecule has 3 heteroatoms. The highest BCUT2D eigenvalue weighted by Gasteiger charge is 2.35. The molecule has 0 radical (unpaired) electrons. The number of aliphatic hydroxyl groups excluding tert-OH is 1. The van der Waals surface area contributed by atoms with Gasteiger partial charge in [-0.15, -0.1) is 0 Å². The Morgan fingerprint density at radius 2 is 1.88 bits per heavy atom. The van der Waals surface area contributed by atoms with Crippen molar-refractivity contribution in [1.82, 2.24) is 4.90 Å². The predicted molar refractivity (Wildman–Crippen MR) is 69.0 cm³/mol. The van der Waals surface area contributed by atoms with Crippen LogP contribution in [0.4, 0.5) is 0 Å². The smallest absolute Gasteiger partial charge is 0.0499 e. The third-order valence-corrected chi connectivity index (χ3v) is 4.67. The molecular formula is C14H27NO2. The normalized spacial score (nSPS) is 26.5. The zero-order valence-electron chi connectivity index (χ0n) is 11.2. The maximum Gasteiger partial charge on any atom is 0.0499 e. The molecule has 1 saturated carbocycles. The summed E-state index contributed by atoms with van der Waals surface area (Å²) in [5, 5.41) is 9.64. The molecule has 1 saturated heterocycles. The monoisotopic (exact) mass is 241 g/mol. The van der Waals surface area contributed by atoms with Crippen molar-refractivity contribution in [3.05, 3.63) is 0 Å². The van der Waals surface area contributed by atoms with E-state index in [0.29, 0.717) is 6.61 Å². The summed E-state index contributed by atoms with van der Waals surface area (Å²) in [4.78, 5) is 2.56. The van der Waals surface area contributed by atoms with E-state index in [0.717, 1.165) is 19.1 Å². The Hall–Kier alpha value is -0.120. The molecule has 0 unspecified atom stereocenters. The zero-order chi connectivity index (χ0) is 12.1. The zero-order valence-corrected chi connectivity index (χ0v) is 11.2. The molecule has 1 N–H and O–H groups in total. The highest BCUT2D eigenvalue weighted by atomic mass is 16.5. The second kappa shape index (κ2) is 6.17. The lowest BCUT2D eigenvalue weighted by molar-refractivity contribution is 0.0468. The number of hydrogen-bond acceptors (Lipinski definition) is 3. The van der Waals surface area contributed by atoms with Gasteiger partial charge in [0, 0.05) is 32.3 Å². The molecule has 3 nitrogen and oxygen atoms in total. The Labute approximate surface area is 105 Å². The Balaban J connectivity index is 1.77. The first-order valence-electron chi connectivity index (χ1n) is 7.10. The number of likely N-dealkylation sites (tertiary alicyclic amines) is 1. The highest BCUT2D eigenvalue weighted by Crippen LogP contribution is 2.38. The number of piperidine rings is 1. The Morgan fingerprint density at radius 3 is 2.41 bits per heavy atom. The van der Waals surface area contributed by atoms with Crippen LogP contribution in [0, 0.1) is 11.3 Å². The van der Waals surface area contributed by atoms with Crippen LogP contribution in [0.2, 0.25) is 0 Å². The molecule has 1 aliphatic carbocycles. The van der Waals surface area contributed by atoms with Crippen molar-refractivity contribution in [1.29, 1.82) is 0 Å². The van der Waals surface area contributed by atoms with Gasteiger partial charge in [0.25, 0.3) is 0 Å². The van der Waals surface area contributed by atoms with E-state index in [1.165, 1.54) is 51.6 Å². The first-order valence-corrected chi connectivity index (χ1v) is 7.10. The summed E-state index contributed by atoms with van der Waals surface area (Å²) in [7, 11) is 1.80.